The largest absolute Gasteiger partial charge is 0.397 e. The Kier molecular flexibility index (Phi) is 4.94. The Labute approximate surface area is 108 Å². The second kappa shape index (κ2) is 6.03. The summed E-state index contributed by atoms with van der Waals surface area (Å²) in [4.78, 5) is 2.18. The number of nitrogens with zero attached hydrogens (tertiary/aromatic N) is 1. The quantitative estimate of drug-likeness (QED) is 0.646. The van der Waals surface area contributed by atoms with E-state index in [9.17, 15) is 8.42 Å². The minimum atomic E-state index is -3.70. The molecule has 18 heavy (non-hydrogen) atoms. The SMILES string of the molecule is CCN(C)CCNc1ccc(S(N)(=O)=O)cc1N. The standard InChI is InChI=1S/C11H20N4O2S/c1-3-15(2)7-6-14-11-5-4-9(8-10(11)12)18(13,16)17/h4-5,8,14H,3,6-7,12H2,1-2H3,(H2,13,16,17). The third-order valence-corrected chi connectivity index (χ3v) is 3.61. The maximum Gasteiger partial charge on any atom is 0.238 e. The fourth-order valence-corrected chi connectivity index (χ4v) is 1.97. The maximum absolute atomic E-state index is 11.1. The first-order valence-electron chi connectivity index (χ1n) is 5.69. The van der Waals surface area contributed by atoms with Gasteiger partial charge in [-0.3, -0.25) is 0 Å². The molecule has 0 heterocycles. The van der Waals surface area contributed by atoms with Crippen molar-refractivity contribution >= 4 is 21.4 Å². The van der Waals surface area contributed by atoms with Gasteiger partial charge in [0.05, 0.1) is 16.3 Å². The average molecular weight is 272 g/mol. The lowest BCUT2D eigenvalue weighted by atomic mass is 10.2. The van der Waals surface area contributed by atoms with Gasteiger partial charge in [-0.1, -0.05) is 6.92 Å². The van der Waals surface area contributed by atoms with E-state index in [1.54, 1.807) is 6.07 Å². The van der Waals surface area contributed by atoms with Crippen LogP contribution >= 0.6 is 0 Å². The molecule has 1 aromatic carbocycles. The molecule has 0 aliphatic rings. The smallest absolute Gasteiger partial charge is 0.238 e. The molecule has 1 rings (SSSR count). The molecule has 0 saturated carbocycles. The molecule has 7 heteroatoms. The number of hydrogen-bond acceptors (Lipinski definition) is 5. The predicted molar refractivity (Wildman–Crippen MR) is 73.9 cm³/mol. The second-order valence-corrected chi connectivity index (χ2v) is 5.68. The predicted octanol–water partition coefficient (Wildman–Crippen LogP) is 0.280. The zero-order valence-corrected chi connectivity index (χ0v) is 11.5. The highest BCUT2D eigenvalue weighted by atomic mass is 32.2. The molecular formula is C11H20N4O2S. The van der Waals surface area contributed by atoms with E-state index < -0.39 is 10.0 Å². The van der Waals surface area contributed by atoms with Crippen LogP contribution in [0.15, 0.2) is 23.1 Å². The molecule has 0 saturated heterocycles. The number of primary sulfonamides is 1. The monoisotopic (exact) mass is 272 g/mol. The van der Waals surface area contributed by atoms with E-state index in [0.29, 0.717) is 11.4 Å². The number of nitrogen functional groups attached to an aromatic ring is 1. The van der Waals surface area contributed by atoms with Crippen LogP contribution in [0.25, 0.3) is 0 Å². The van der Waals surface area contributed by atoms with Gasteiger partial charge in [-0.25, -0.2) is 13.6 Å². The van der Waals surface area contributed by atoms with Crippen molar-refractivity contribution in [3.05, 3.63) is 18.2 Å². The summed E-state index contributed by atoms with van der Waals surface area (Å²) in [6.07, 6.45) is 0. The molecule has 5 N–H and O–H groups in total. The lowest BCUT2D eigenvalue weighted by Gasteiger charge is -2.15. The van der Waals surface area contributed by atoms with E-state index in [2.05, 4.69) is 17.1 Å². The van der Waals surface area contributed by atoms with Gasteiger partial charge in [0.15, 0.2) is 0 Å². The zero-order chi connectivity index (χ0) is 13.8. The minimum Gasteiger partial charge on any atom is -0.397 e. The van der Waals surface area contributed by atoms with Crippen LogP contribution in [0, 0.1) is 0 Å². The first kappa shape index (κ1) is 14.7. The summed E-state index contributed by atoms with van der Waals surface area (Å²) in [6.45, 7) is 4.67. The molecule has 6 nitrogen and oxygen atoms in total. The maximum atomic E-state index is 11.1. The fourth-order valence-electron chi connectivity index (χ4n) is 1.42. The third kappa shape index (κ3) is 4.17. The summed E-state index contributed by atoms with van der Waals surface area (Å²) in [5.74, 6) is 0. The third-order valence-electron chi connectivity index (χ3n) is 2.70. The van der Waals surface area contributed by atoms with Gasteiger partial charge in [0.1, 0.15) is 0 Å². The molecule has 0 aromatic heterocycles. The number of anilines is 2. The molecule has 0 atom stereocenters. The normalized spacial score (nSPS) is 11.8. The Hall–Kier alpha value is -1.31. The van der Waals surface area contributed by atoms with Gasteiger partial charge >= 0.3 is 0 Å². The van der Waals surface area contributed by atoms with Crippen LogP contribution in [0.3, 0.4) is 0 Å². The van der Waals surface area contributed by atoms with Crippen LogP contribution < -0.4 is 16.2 Å². The number of rotatable bonds is 6. The van der Waals surface area contributed by atoms with Gasteiger partial charge in [0.25, 0.3) is 0 Å². The van der Waals surface area contributed by atoms with Gasteiger partial charge in [-0.05, 0) is 31.8 Å². The van der Waals surface area contributed by atoms with E-state index in [1.807, 2.05) is 7.05 Å². The van der Waals surface area contributed by atoms with Gasteiger partial charge in [-0.15, -0.1) is 0 Å². The van der Waals surface area contributed by atoms with Gasteiger partial charge in [-0.2, -0.15) is 0 Å². The molecular weight excluding hydrogens is 252 g/mol. The number of nitrogens with two attached hydrogens (primary N) is 2. The Morgan fingerprint density at radius 3 is 2.56 bits per heavy atom. The molecule has 0 unspecified atom stereocenters. The van der Waals surface area contributed by atoms with Crippen molar-refractivity contribution < 1.29 is 8.42 Å². The van der Waals surface area contributed by atoms with Crippen LogP contribution in [0.2, 0.25) is 0 Å². The van der Waals surface area contributed by atoms with E-state index in [1.165, 1.54) is 12.1 Å². The van der Waals surface area contributed by atoms with Crippen LogP contribution in [-0.2, 0) is 10.0 Å². The molecule has 0 aliphatic carbocycles. The Bertz CT molecular complexity index is 502. The van der Waals surface area contributed by atoms with Crippen LogP contribution in [-0.4, -0.2) is 40.0 Å². The molecule has 0 amide bonds. The average Bonchev–Trinajstić information content (AvgIpc) is 2.29. The summed E-state index contributed by atoms with van der Waals surface area (Å²) in [7, 11) is -1.67. The molecule has 102 valence electrons. The van der Waals surface area contributed by atoms with Crippen molar-refractivity contribution in [2.75, 3.05) is 37.7 Å². The molecule has 0 bridgehead atoms. The summed E-state index contributed by atoms with van der Waals surface area (Å²) in [5.41, 5.74) is 6.86. The van der Waals surface area contributed by atoms with Gasteiger partial charge in [0.2, 0.25) is 10.0 Å². The fraction of sp³-hybridized carbons (Fsp3) is 0.455. The van der Waals surface area contributed by atoms with E-state index in [0.717, 1.165) is 19.6 Å². The highest BCUT2D eigenvalue weighted by molar-refractivity contribution is 7.89. The van der Waals surface area contributed by atoms with Crippen molar-refractivity contribution in [1.82, 2.24) is 4.90 Å². The van der Waals surface area contributed by atoms with Crippen molar-refractivity contribution in [3.63, 3.8) is 0 Å². The van der Waals surface area contributed by atoms with E-state index in [4.69, 9.17) is 10.9 Å². The summed E-state index contributed by atoms with van der Waals surface area (Å²) >= 11 is 0. The minimum absolute atomic E-state index is 0.0243. The lowest BCUT2D eigenvalue weighted by Crippen LogP contribution is -2.25. The lowest BCUT2D eigenvalue weighted by molar-refractivity contribution is 0.367. The van der Waals surface area contributed by atoms with Crippen LogP contribution in [0.4, 0.5) is 11.4 Å². The number of nitrogens with one attached hydrogen (secondary N) is 1. The summed E-state index contributed by atoms with van der Waals surface area (Å²) in [5, 5.41) is 8.18. The van der Waals surface area contributed by atoms with Gasteiger partial charge in [0, 0.05) is 13.1 Å². The van der Waals surface area contributed by atoms with Crippen molar-refractivity contribution in [3.8, 4) is 0 Å². The van der Waals surface area contributed by atoms with Crippen molar-refractivity contribution in [1.29, 1.82) is 0 Å². The second-order valence-electron chi connectivity index (χ2n) is 4.12. The first-order chi connectivity index (χ1) is 8.34. The highest BCUT2D eigenvalue weighted by Crippen LogP contribution is 2.21. The molecule has 0 aliphatic heterocycles. The van der Waals surface area contributed by atoms with E-state index in [-0.39, 0.29) is 4.90 Å². The number of sulfonamides is 1. The molecule has 1 aromatic rings. The topological polar surface area (TPSA) is 101 Å². The van der Waals surface area contributed by atoms with E-state index >= 15 is 0 Å². The van der Waals surface area contributed by atoms with Crippen molar-refractivity contribution in [2.24, 2.45) is 5.14 Å². The van der Waals surface area contributed by atoms with Crippen LogP contribution in [0.1, 0.15) is 6.92 Å². The number of likely N-dealkylation sites (N-methyl/N-ethyl adjacent to an activating group) is 1. The Morgan fingerprint density at radius 1 is 1.39 bits per heavy atom. The molecule has 0 fully saturated rings. The van der Waals surface area contributed by atoms with Gasteiger partial charge < -0.3 is 16.0 Å². The highest BCUT2D eigenvalue weighted by Gasteiger charge is 2.09. The number of benzene rings is 1. The first-order valence-corrected chi connectivity index (χ1v) is 7.24. The van der Waals surface area contributed by atoms with Crippen LogP contribution in [0.5, 0.6) is 0 Å². The van der Waals surface area contributed by atoms with Crippen molar-refractivity contribution in [2.45, 2.75) is 11.8 Å². The molecule has 0 spiro atoms. The summed E-state index contributed by atoms with van der Waals surface area (Å²) < 4.78 is 22.3. The summed E-state index contributed by atoms with van der Waals surface area (Å²) in [6, 6.07) is 4.43. The Morgan fingerprint density at radius 2 is 2.06 bits per heavy atom. The molecule has 0 radical (unpaired) electrons. The Balaban J connectivity index is 2.69. The zero-order valence-electron chi connectivity index (χ0n) is 10.7. The number of hydrogen-bond donors (Lipinski definition) is 3.